The van der Waals surface area contributed by atoms with Crippen LogP contribution in [0, 0.1) is 17.1 Å². The highest BCUT2D eigenvalue weighted by atomic mass is 19.1. The topological polar surface area (TPSA) is 44.1 Å². The highest BCUT2D eigenvalue weighted by Gasteiger charge is 2.26. The average molecular weight is 260 g/mol. The van der Waals surface area contributed by atoms with E-state index in [1.165, 1.54) is 12.1 Å². The van der Waals surface area contributed by atoms with Crippen LogP contribution in [-0.4, -0.2) is 23.3 Å². The van der Waals surface area contributed by atoms with Crippen molar-refractivity contribution in [1.29, 1.82) is 5.26 Å². The van der Waals surface area contributed by atoms with Crippen molar-refractivity contribution in [1.82, 2.24) is 4.90 Å². The number of ketones is 1. The first kappa shape index (κ1) is 13.7. The number of likely N-dealkylation sites (tertiary alicyclic amines) is 1. The van der Waals surface area contributed by atoms with Crippen LogP contribution in [0.1, 0.15) is 37.3 Å². The van der Waals surface area contributed by atoms with Crippen molar-refractivity contribution in [2.75, 3.05) is 6.54 Å². The number of halogens is 1. The van der Waals surface area contributed by atoms with Crippen molar-refractivity contribution in [3.63, 3.8) is 0 Å². The minimum Gasteiger partial charge on any atom is -0.300 e. The van der Waals surface area contributed by atoms with E-state index in [9.17, 15) is 9.18 Å². The molecule has 0 radical (unpaired) electrons. The molecule has 1 unspecified atom stereocenters. The number of benzene rings is 1. The molecule has 1 aromatic rings. The first-order valence-electron chi connectivity index (χ1n) is 6.52. The largest absolute Gasteiger partial charge is 0.300 e. The van der Waals surface area contributed by atoms with E-state index in [-0.39, 0.29) is 17.6 Å². The van der Waals surface area contributed by atoms with Crippen LogP contribution in [0.5, 0.6) is 0 Å². The van der Waals surface area contributed by atoms with E-state index in [4.69, 9.17) is 5.26 Å². The number of Topliss-reactive ketones (excluding diaryl/α,β-unsaturated/α-hetero) is 1. The molecule has 1 aliphatic heterocycles. The zero-order valence-corrected chi connectivity index (χ0v) is 11.0. The SMILES string of the molecule is CC(=O)CC1CCCN1Cc1cc(C#N)ccc1F. The molecule has 0 aliphatic carbocycles. The van der Waals surface area contributed by atoms with Crippen molar-refractivity contribution >= 4 is 5.78 Å². The molecule has 4 heteroatoms. The van der Waals surface area contributed by atoms with Crippen molar-refractivity contribution in [2.45, 2.75) is 38.8 Å². The van der Waals surface area contributed by atoms with Crippen LogP contribution in [-0.2, 0) is 11.3 Å². The Morgan fingerprint density at radius 1 is 1.58 bits per heavy atom. The summed E-state index contributed by atoms with van der Waals surface area (Å²) in [5, 5.41) is 8.85. The highest BCUT2D eigenvalue weighted by Crippen LogP contribution is 2.24. The maximum absolute atomic E-state index is 13.7. The lowest BCUT2D eigenvalue weighted by Gasteiger charge is -2.23. The smallest absolute Gasteiger partial charge is 0.131 e. The van der Waals surface area contributed by atoms with Gasteiger partial charge in [-0.2, -0.15) is 5.26 Å². The van der Waals surface area contributed by atoms with Gasteiger partial charge >= 0.3 is 0 Å². The number of hydrogen-bond acceptors (Lipinski definition) is 3. The van der Waals surface area contributed by atoms with Crippen LogP contribution in [0.2, 0.25) is 0 Å². The Labute approximate surface area is 112 Å². The number of carbonyl (C=O) groups excluding carboxylic acids is 1. The number of nitriles is 1. The molecule has 2 rings (SSSR count). The lowest BCUT2D eigenvalue weighted by molar-refractivity contribution is -0.118. The Morgan fingerprint density at radius 3 is 3.05 bits per heavy atom. The van der Waals surface area contributed by atoms with Crippen molar-refractivity contribution in [3.8, 4) is 6.07 Å². The molecule has 0 aromatic heterocycles. The average Bonchev–Trinajstić information content (AvgIpc) is 2.78. The quantitative estimate of drug-likeness (QED) is 0.836. The summed E-state index contributed by atoms with van der Waals surface area (Å²) in [6.07, 6.45) is 2.55. The molecule has 0 amide bonds. The lowest BCUT2D eigenvalue weighted by atomic mass is 10.1. The molecule has 0 spiro atoms. The predicted molar refractivity (Wildman–Crippen MR) is 69.8 cm³/mol. The van der Waals surface area contributed by atoms with Gasteiger partial charge in [0.15, 0.2) is 0 Å². The first-order valence-corrected chi connectivity index (χ1v) is 6.52. The van der Waals surface area contributed by atoms with Crippen molar-refractivity contribution in [3.05, 3.63) is 35.1 Å². The molecule has 1 heterocycles. The zero-order valence-electron chi connectivity index (χ0n) is 11.0. The van der Waals surface area contributed by atoms with Gasteiger partial charge in [0.1, 0.15) is 11.6 Å². The summed E-state index contributed by atoms with van der Waals surface area (Å²) in [5.74, 6) is -0.115. The van der Waals surface area contributed by atoms with Gasteiger partial charge in [-0.3, -0.25) is 9.69 Å². The third kappa shape index (κ3) is 3.39. The second kappa shape index (κ2) is 5.94. The number of rotatable bonds is 4. The molecule has 3 nitrogen and oxygen atoms in total. The van der Waals surface area contributed by atoms with Gasteiger partial charge in [-0.25, -0.2) is 4.39 Å². The molecule has 1 aliphatic rings. The number of nitrogens with zero attached hydrogens (tertiary/aromatic N) is 2. The van der Waals surface area contributed by atoms with Gasteiger partial charge in [0.05, 0.1) is 11.6 Å². The second-order valence-electron chi connectivity index (χ2n) is 5.09. The molecular weight excluding hydrogens is 243 g/mol. The summed E-state index contributed by atoms with van der Waals surface area (Å²) in [6, 6.07) is 6.65. The molecule has 100 valence electrons. The number of hydrogen-bond donors (Lipinski definition) is 0. The molecule has 1 atom stereocenters. The predicted octanol–water partition coefficient (Wildman–Crippen LogP) is 2.64. The van der Waals surface area contributed by atoms with Gasteiger partial charge in [0.25, 0.3) is 0 Å². The summed E-state index contributed by atoms with van der Waals surface area (Å²) >= 11 is 0. The fourth-order valence-electron chi connectivity index (χ4n) is 2.65. The van der Waals surface area contributed by atoms with Crippen LogP contribution in [0.15, 0.2) is 18.2 Å². The van der Waals surface area contributed by atoms with E-state index in [0.29, 0.717) is 24.1 Å². The van der Waals surface area contributed by atoms with Gasteiger partial charge in [-0.05, 0) is 44.5 Å². The molecule has 0 bridgehead atoms. The van der Waals surface area contributed by atoms with Crippen LogP contribution in [0.4, 0.5) is 4.39 Å². The Morgan fingerprint density at radius 2 is 2.37 bits per heavy atom. The summed E-state index contributed by atoms with van der Waals surface area (Å²) in [6.45, 7) is 2.95. The van der Waals surface area contributed by atoms with Crippen LogP contribution in [0.3, 0.4) is 0 Å². The van der Waals surface area contributed by atoms with Crippen molar-refractivity contribution in [2.24, 2.45) is 0 Å². The normalized spacial score (nSPS) is 19.3. The molecular formula is C15H17FN2O. The Kier molecular flexibility index (Phi) is 4.28. The maximum atomic E-state index is 13.7. The monoisotopic (exact) mass is 260 g/mol. The van der Waals surface area contributed by atoms with E-state index in [0.717, 1.165) is 19.4 Å². The van der Waals surface area contributed by atoms with E-state index in [1.54, 1.807) is 13.0 Å². The Hall–Kier alpha value is -1.73. The fraction of sp³-hybridized carbons (Fsp3) is 0.467. The second-order valence-corrected chi connectivity index (χ2v) is 5.09. The minimum absolute atomic E-state index is 0.170. The van der Waals surface area contributed by atoms with Gasteiger partial charge in [0.2, 0.25) is 0 Å². The lowest BCUT2D eigenvalue weighted by Crippen LogP contribution is -2.30. The van der Waals surface area contributed by atoms with Crippen LogP contribution in [0.25, 0.3) is 0 Å². The van der Waals surface area contributed by atoms with Gasteiger partial charge in [-0.15, -0.1) is 0 Å². The van der Waals surface area contributed by atoms with Crippen LogP contribution < -0.4 is 0 Å². The minimum atomic E-state index is -0.285. The van der Waals surface area contributed by atoms with Gasteiger partial charge in [-0.1, -0.05) is 0 Å². The summed E-state index contributed by atoms with van der Waals surface area (Å²) in [4.78, 5) is 13.4. The molecule has 1 saturated heterocycles. The van der Waals surface area contributed by atoms with Gasteiger partial charge < -0.3 is 0 Å². The Balaban J connectivity index is 2.12. The Bertz CT molecular complexity index is 521. The summed E-state index contributed by atoms with van der Waals surface area (Å²) in [7, 11) is 0. The van der Waals surface area contributed by atoms with Crippen LogP contribution >= 0.6 is 0 Å². The number of carbonyl (C=O) groups is 1. The molecule has 1 fully saturated rings. The summed E-state index contributed by atoms with van der Waals surface area (Å²) in [5.41, 5.74) is 1.01. The standard InChI is InChI=1S/C15H17FN2O/c1-11(19)7-14-3-2-6-18(14)10-13-8-12(9-17)4-5-15(13)16/h4-5,8,14H,2-3,6-7,10H2,1H3. The molecule has 0 N–H and O–H groups in total. The van der Waals surface area contributed by atoms with E-state index >= 15 is 0 Å². The molecule has 1 aromatic carbocycles. The third-order valence-corrected chi connectivity index (χ3v) is 3.57. The molecule has 0 saturated carbocycles. The van der Waals surface area contributed by atoms with Gasteiger partial charge in [0, 0.05) is 24.6 Å². The van der Waals surface area contributed by atoms with E-state index in [2.05, 4.69) is 4.90 Å². The maximum Gasteiger partial charge on any atom is 0.131 e. The summed E-state index contributed by atoms with van der Waals surface area (Å²) < 4.78 is 13.7. The highest BCUT2D eigenvalue weighted by molar-refractivity contribution is 5.76. The van der Waals surface area contributed by atoms with E-state index < -0.39 is 0 Å². The molecule has 19 heavy (non-hydrogen) atoms. The first-order chi connectivity index (χ1) is 9.10. The van der Waals surface area contributed by atoms with E-state index in [1.807, 2.05) is 6.07 Å². The zero-order chi connectivity index (χ0) is 13.8. The fourth-order valence-corrected chi connectivity index (χ4v) is 2.65. The third-order valence-electron chi connectivity index (χ3n) is 3.57. The van der Waals surface area contributed by atoms with Crippen molar-refractivity contribution < 1.29 is 9.18 Å².